The number of aromatic nitrogens is 4. The number of hydrogen-bond acceptors (Lipinski definition) is 5. The molecule has 28 heavy (non-hydrogen) atoms. The monoisotopic (exact) mass is 379 g/mol. The second kappa shape index (κ2) is 10.2. The molecule has 0 aliphatic carbocycles. The van der Waals surface area contributed by atoms with Gasteiger partial charge in [-0.05, 0) is 42.2 Å². The van der Waals surface area contributed by atoms with Crippen LogP contribution in [0.4, 0.5) is 0 Å². The molecule has 0 radical (unpaired) electrons. The number of benzene rings is 2. The molecule has 3 rings (SSSR count). The number of carbonyl (C=O) groups is 1. The van der Waals surface area contributed by atoms with Gasteiger partial charge >= 0.3 is 0 Å². The van der Waals surface area contributed by atoms with Gasteiger partial charge in [-0.15, -0.1) is 10.2 Å². The maximum atomic E-state index is 12.0. The van der Waals surface area contributed by atoms with Crippen LogP contribution in [0.3, 0.4) is 0 Å². The van der Waals surface area contributed by atoms with Gasteiger partial charge < -0.3 is 10.1 Å². The zero-order valence-corrected chi connectivity index (χ0v) is 16.0. The van der Waals surface area contributed by atoms with E-state index in [1.54, 1.807) is 11.9 Å². The molecule has 0 bridgehead atoms. The van der Waals surface area contributed by atoms with Crippen molar-refractivity contribution >= 4 is 5.91 Å². The average molecular weight is 379 g/mol. The summed E-state index contributed by atoms with van der Waals surface area (Å²) in [5.41, 5.74) is 2.17. The SMILES string of the molecule is COc1ccc(CCCNC(=O)CCCn2nnc(-c3ccccc3)n2)cc1. The van der Waals surface area contributed by atoms with Crippen LogP contribution >= 0.6 is 0 Å². The molecule has 0 aliphatic heterocycles. The van der Waals surface area contributed by atoms with Crippen LogP contribution in [-0.2, 0) is 17.8 Å². The average Bonchev–Trinajstić information content (AvgIpc) is 3.21. The Morgan fingerprint density at radius 2 is 1.86 bits per heavy atom. The lowest BCUT2D eigenvalue weighted by Crippen LogP contribution is -2.24. The minimum atomic E-state index is 0.0538. The topological polar surface area (TPSA) is 81.9 Å². The summed E-state index contributed by atoms with van der Waals surface area (Å²) < 4.78 is 5.15. The Balaban J connectivity index is 1.31. The van der Waals surface area contributed by atoms with Crippen LogP contribution in [-0.4, -0.2) is 39.8 Å². The lowest BCUT2D eigenvalue weighted by atomic mass is 10.1. The zero-order valence-electron chi connectivity index (χ0n) is 16.0. The fraction of sp³-hybridized carbons (Fsp3) is 0.333. The third-order valence-corrected chi connectivity index (χ3v) is 4.37. The van der Waals surface area contributed by atoms with Crippen LogP contribution in [0.15, 0.2) is 54.6 Å². The number of rotatable bonds is 10. The molecule has 0 atom stereocenters. The third kappa shape index (κ3) is 5.90. The summed E-state index contributed by atoms with van der Waals surface area (Å²) in [5, 5.41) is 15.4. The molecule has 0 unspecified atom stereocenters. The maximum Gasteiger partial charge on any atom is 0.220 e. The Morgan fingerprint density at radius 3 is 2.61 bits per heavy atom. The molecule has 0 spiro atoms. The zero-order chi connectivity index (χ0) is 19.6. The Morgan fingerprint density at radius 1 is 1.07 bits per heavy atom. The van der Waals surface area contributed by atoms with E-state index in [1.165, 1.54) is 5.56 Å². The molecule has 0 aliphatic rings. The van der Waals surface area contributed by atoms with Gasteiger partial charge in [-0.25, -0.2) is 0 Å². The van der Waals surface area contributed by atoms with E-state index in [4.69, 9.17) is 4.74 Å². The number of ether oxygens (including phenoxy) is 1. The summed E-state index contributed by atoms with van der Waals surface area (Å²) >= 11 is 0. The lowest BCUT2D eigenvalue weighted by molar-refractivity contribution is -0.121. The Hall–Kier alpha value is -3.22. The van der Waals surface area contributed by atoms with Crippen LogP contribution in [0.1, 0.15) is 24.8 Å². The number of amides is 1. The molecule has 1 N–H and O–H groups in total. The smallest absolute Gasteiger partial charge is 0.220 e. The van der Waals surface area contributed by atoms with Crippen molar-refractivity contribution in [2.75, 3.05) is 13.7 Å². The van der Waals surface area contributed by atoms with Crippen molar-refractivity contribution in [3.8, 4) is 17.1 Å². The number of tetrazole rings is 1. The predicted molar refractivity (Wildman–Crippen MR) is 107 cm³/mol. The second-order valence-electron chi connectivity index (χ2n) is 6.48. The van der Waals surface area contributed by atoms with Crippen LogP contribution in [0.5, 0.6) is 5.75 Å². The number of nitrogens with one attached hydrogen (secondary N) is 1. The molecule has 2 aromatic carbocycles. The van der Waals surface area contributed by atoms with E-state index >= 15 is 0 Å². The first kappa shape index (κ1) is 19.5. The molecule has 146 valence electrons. The highest BCUT2D eigenvalue weighted by Gasteiger charge is 2.06. The van der Waals surface area contributed by atoms with Gasteiger partial charge in [-0.1, -0.05) is 42.5 Å². The van der Waals surface area contributed by atoms with Gasteiger partial charge in [0, 0.05) is 18.5 Å². The van der Waals surface area contributed by atoms with Crippen LogP contribution in [0.25, 0.3) is 11.4 Å². The van der Waals surface area contributed by atoms with Gasteiger partial charge in [0.15, 0.2) is 0 Å². The van der Waals surface area contributed by atoms with Crippen LogP contribution in [0.2, 0.25) is 0 Å². The molecule has 3 aromatic rings. The highest BCUT2D eigenvalue weighted by atomic mass is 16.5. The van der Waals surface area contributed by atoms with E-state index in [0.717, 1.165) is 24.2 Å². The normalized spacial score (nSPS) is 10.6. The molecule has 7 heteroatoms. The first-order chi connectivity index (χ1) is 13.7. The maximum absolute atomic E-state index is 12.0. The van der Waals surface area contributed by atoms with Gasteiger partial charge in [-0.2, -0.15) is 4.80 Å². The predicted octanol–water partition coefficient (Wildman–Crippen LogP) is 2.88. The van der Waals surface area contributed by atoms with Crippen molar-refractivity contribution in [2.24, 2.45) is 0 Å². The molecule has 7 nitrogen and oxygen atoms in total. The van der Waals surface area contributed by atoms with Gasteiger partial charge in [0.1, 0.15) is 5.75 Å². The summed E-state index contributed by atoms with van der Waals surface area (Å²) in [7, 11) is 1.66. The van der Waals surface area contributed by atoms with Crippen LogP contribution in [0, 0.1) is 0 Å². The molecule has 0 saturated heterocycles. The quantitative estimate of drug-likeness (QED) is 0.548. The van der Waals surface area contributed by atoms with Gasteiger partial charge in [0.05, 0.1) is 13.7 Å². The van der Waals surface area contributed by atoms with E-state index in [2.05, 4.69) is 32.9 Å². The molecule has 1 aromatic heterocycles. The van der Waals surface area contributed by atoms with Crippen LogP contribution < -0.4 is 10.1 Å². The standard InChI is InChI=1S/C21H25N5O2/c1-28-19-13-11-17(12-14-19)7-5-15-22-20(27)10-6-16-26-24-21(23-25-26)18-8-3-2-4-9-18/h2-4,8-9,11-14H,5-7,10,15-16H2,1H3,(H,22,27). The Bertz CT molecular complexity index is 862. The number of carbonyl (C=O) groups excluding carboxylic acids is 1. The van der Waals surface area contributed by atoms with Gasteiger partial charge in [-0.3, -0.25) is 4.79 Å². The second-order valence-corrected chi connectivity index (χ2v) is 6.48. The van der Waals surface area contributed by atoms with E-state index < -0.39 is 0 Å². The summed E-state index contributed by atoms with van der Waals surface area (Å²) in [6.07, 6.45) is 2.96. The Kier molecular flexibility index (Phi) is 7.12. The molecule has 1 amide bonds. The number of nitrogens with zero attached hydrogens (tertiary/aromatic N) is 4. The van der Waals surface area contributed by atoms with Crippen molar-refractivity contribution in [2.45, 2.75) is 32.2 Å². The van der Waals surface area contributed by atoms with E-state index in [9.17, 15) is 4.79 Å². The van der Waals surface area contributed by atoms with Crippen molar-refractivity contribution in [1.82, 2.24) is 25.5 Å². The van der Waals surface area contributed by atoms with Crippen molar-refractivity contribution in [1.29, 1.82) is 0 Å². The first-order valence-electron chi connectivity index (χ1n) is 9.47. The number of hydrogen-bond donors (Lipinski definition) is 1. The lowest BCUT2D eigenvalue weighted by Gasteiger charge is -2.06. The van der Waals surface area contributed by atoms with Crippen molar-refractivity contribution in [3.05, 3.63) is 60.2 Å². The fourth-order valence-corrected chi connectivity index (χ4v) is 2.82. The Labute approximate surface area is 164 Å². The summed E-state index contributed by atoms with van der Waals surface area (Å²) in [5.74, 6) is 1.51. The van der Waals surface area contributed by atoms with E-state index in [0.29, 0.717) is 31.8 Å². The summed E-state index contributed by atoms with van der Waals surface area (Å²) in [4.78, 5) is 13.5. The van der Waals surface area contributed by atoms with Gasteiger partial charge in [0.2, 0.25) is 11.7 Å². The third-order valence-electron chi connectivity index (χ3n) is 4.37. The van der Waals surface area contributed by atoms with Gasteiger partial charge in [0.25, 0.3) is 0 Å². The van der Waals surface area contributed by atoms with Crippen molar-refractivity contribution in [3.63, 3.8) is 0 Å². The molecule has 1 heterocycles. The van der Waals surface area contributed by atoms with E-state index in [-0.39, 0.29) is 5.91 Å². The number of methoxy groups -OCH3 is 1. The number of aryl methyl sites for hydroxylation is 2. The summed E-state index contributed by atoms with van der Waals surface area (Å²) in [6.45, 7) is 1.24. The summed E-state index contributed by atoms with van der Waals surface area (Å²) in [6, 6.07) is 17.7. The fourth-order valence-electron chi connectivity index (χ4n) is 2.82. The highest BCUT2D eigenvalue weighted by Crippen LogP contribution is 2.13. The molecule has 0 saturated carbocycles. The largest absolute Gasteiger partial charge is 0.497 e. The first-order valence-corrected chi connectivity index (χ1v) is 9.47. The highest BCUT2D eigenvalue weighted by molar-refractivity contribution is 5.75. The minimum Gasteiger partial charge on any atom is -0.497 e. The minimum absolute atomic E-state index is 0.0538. The van der Waals surface area contributed by atoms with Crippen molar-refractivity contribution < 1.29 is 9.53 Å². The molecular formula is C21H25N5O2. The molecular weight excluding hydrogens is 354 g/mol. The molecule has 0 fully saturated rings. The van der Waals surface area contributed by atoms with E-state index in [1.807, 2.05) is 42.5 Å².